The zero-order valence-electron chi connectivity index (χ0n) is 18.0. The van der Waals surface area contributed by atoms with E-state index in [0.29, 0.717) is 34.3 Å². The molecule has 2 aromatic carbocycles. The second kappa shape index (κ2) is 12.8. The van der Waals surface area contributed by atoms with E-state index in [0.717, 1.165) is 11.3 Å². The van der Waals surface area contributed by atoms with E-state index in [9.17, 15) is 9.59 Å². The number of nitrogens with one attached hydrogen (secondary N) is 1. The van der Waals surface area contributed by atoms with E-state index in [1.54, 1.807) is 30.2 Å². The Labute approximate surface area is 198 Å². The van der Waals surface area contributed by atoms with E-state index in [2.05, 4.69) is 5.32 Å². The van der Waals surface area contributed by atoms with Crippen LogP contribution in [0.25, 0.3) is 0 Å². The normalized spacial score (nSPS) is 11.6. The first-order chi connectivity index (χ1) is 14.9. The molecule has 0 radical (unpaired) electrons. The minimum atomic E-state index is -0.596. The third-order valence-electron chi connectivity index (χ3n) is 4.78. The van der Waals surface area contributed by atoms with E-state index in [1.165, 1.54) is 11.8 Å². The van der Waals surface area contributed by atoms with Crippen molar-refractivity contribution in [3.05, 3.63) is 63.6 Å². The van der Waals surface area contributed by atoms with Crippen LogP contribution < -0.4 is 10.1 Å². The lowest BCUT2D eigenvalue weighted by Gasteiger charge is -2.31. The number of rotatable bonds is 11. The molecule has 0 aliphatic rings. The van der Waals surface area contributed by atoms with E-state index in [1.807, 2.05) is 38.1 Å². The zero-order chi connectivity index (χ0) is 22.8. The third kappa shape index (κ3) is 7.34. The van der Waals surface area contributed by atoms with Crippen molar-refractivity contribution in [3.63, 3.8) is 0 Å². The molecule has 0 aliphatic carbocycles. The molecular formula is C23H28Cl2N2O3S. The zero-order valence-corrected chi connectivity index (χ0v) is 20.3. The summed E-state index contributed by atoms with van der Waals surface area (Å²) in [6.07, 6.45) is 0.489. The van der Waals surface area contributed by atoms with E-state index in [4.69, 9.17) is 27.9 Å². The van der Waals surface area contributed by atoms with Crippen molar-refractivity contribution in [1.29, 1.82) is 0 Å². The molecular weight excluding hydrogens is 455 g/mol. The number of likely N-dealkylation sites (N-methyl/N-ethyl adjacent to an activating group) is 1. The number of nitrogens with zero attached hydrogens (tertiary/aromatic N) is 1. The summed E-state index contributed by atoms with van der Waals surface area (Å²) in [5.74, 6) is 1.40. The van der Waals surface area contributed by atoms with Crippen LogP contribution in [0, 0.1) is 0 Å². The Morgan fingerprint density at radius 1 is 1.10 bits per heavy atom. The highest BCUT2D eigenvalue weighted by atomic mass is 35.5. The monoisotopic (exact) mass is 482 g/mol. The molecule has 2 amide bonds. The highest BCUT2D eigenvalue weighted by molar-refractivity contribution is 7.99. The highest BCUT2D eigenvalue weighted by Gasteiger charge is 2.29. The molecule has 1 atom stereocenters. The van der Waals surface area contributed by atoms with Gasteiger partial charge in [-0.05, 0) is 43.2 Å². The fourth-order valence-corrected chi connectivity index (χ4v) is 4.51. The Morgan fingerprint density at radius 2 is 1.74 bits per heavy atom. The van der Waals surface area contributed by atoms with Crippen molar-refractivity contribution in [2.75, 3.05) is 19.4 Å². The van der Waals surface area contributed by atoms with Gasteiger partial charge in [0.25, 0.3) is 0 Å². The molecule has 0 saturated heterocycles. The Kier molecular flexibility index (Phi) is 10.5. The Morgan fingerprint density at radius 3 is 2.29 bits per heavy atom. The molecule has 1 N–H and O–H groups in total. The number of halogens is 2. The van der Waals surface area contributed by atoms with Gasteiger partial charge in [0, 0.05) is 34.5 Å². The fraction of sp³-hybridized carbons (Fsp3) is 0.391. The maximum atomic E-state index is 13.2. The SMILES string of the molecule is CCNC(=O)[C@@H](CC)N(Cc1c(Cl)cccc1Cl)C(=O)CSCc1ccc(OC)cc1. The maximum Gasteiger partial charge on any atom is 0.242 e. The van der Waals surface area contributed by atoms with Gasteiger partial charge in [-0.15, -0.1) is 11.8 Å². The predicted octanol–water partition coefficient (Wildman–Crippen LogP) is 5.18. The number of carbonyl (C=O) groups excluding carboxylic acids is 2. The van der Waals surface area contributed by atoms with Crippen molar-refractivity contribution in [2.45, 2.75) is 38.6 Å². The van der Waals surface area contributed by atoms with Crippen LogP contribution in [0.15, 0.2) is 42.5 Å². The summed E-state index contributed by atoms with van der Waals surface area (Å²) in [6.45, 7) is 4.41. The molecule has 0 fully saturated rings. The Balaban J connectivity index is 2.15. The van der Waals surface area contributed by atoms with Crippen molar-refractivity contribution < 1.29 is 14.3 Å². The van der Waals surface area contributed by atoms with Crippen LogP contribution in [0.2, 0.25) is 10.0 Å². The van der Waals surface area contributed by atoms with Crippen LogP contribution in [-0.2, 0) is 21.9 Å². The van der Waals surface area contributed by atoms with E-state index in [-0.39, 0.29) is 24.1 Å². The van der Waals surface area contributed by atoms with Gasteiger partial charge in [-0.3, -0.25) is 9.59 Å². The summed E-state index contributed by atoms with van der Waals surface area (Å²) >= 11 is 14.2. The van der Waals surface area contributed by atoms with Gasteiger partial charge in [-0.2, -0.15) is 0 Å². The average molecular weight is 483 g/mol. The molecule has 0 saturated carbocycles. The van der Waals surface area contributed by atoms with Crippen molar-refractivity contribution in [3.8, 4) is 5.75 Å². The standard InChI is InChI=1S/C23H28Cl2N2O3S/c1-4-21(23(29)26-5-2)27(13-18-19(24)7-6-8-20(18)25)22(28)15-31-14-16-9-11-17(30-3)12-10-16/h6-12,21H,4-5,13-15H2,1-3H3,(H,26,29)/t21-/m1/s1. The van der Waals surface area contributed by atoms with Gasteiger partial charge in [0.05, 0.1) is 12.9 Å². The van der Waals surface area contributed by atoms with Gasteiger partial charge >= 0.3 is 0 Å². The Hall–Kier alpha value is -1.89. The number of amides is 2. The summed E-state index contributed by atoms with van der Waals surface area (Å²) in [6, 6.07) is 12.4. The van der Waals surface area contributed by atoms with E-state index < -0.39 is 6.04 Å². The number of hydrogen-bond donors (Lipinski definition) is 1. The van der Waals surface area contributed by atoms with Gasteiger partial charge < -0.3 is 15.0 Å². The largest absolute Gasteiger partial charge is 0.497 e. The van der Waals surface area contributed by atoms with Gasteiger partial charge in [0.1, 0.15) is 11.8 Å². The first-order valence-electron chi connectivity index (χ1n) is 10.1. The van der Waals surface area contributed by atoms with Crippen molar-refractivity contribution in [1.82, 2.24) is 10.2 Å². The van der Waals surface area contributed by atoms with Crippen molar-refractivity contribution >= 4 is 46.8 Å². The lowest BCUT2D eigenvalue weighted by molar-refractivity contribution is -0.139. The molecule has 2 aromatic rings. The molecule has 2 rings (SSSR count). The van der Waals surface area contributed by atoms with Crippen LogP contribution in [0.4, 0.5) is 0 Å². The molecule has 0 aromatic heterocycles. The molecule has 0 unspecified atom stereocenters. The van der Waals surface area contributed by atoms with Crippen LogP contribution in [0.1, 0.15) is 31.4 Å². The van der Waals surface area contributed by atoms with Gasteiger partial charge in [0.15, 0.2) is 0 Å². The average Bonchev–Trinajstić information content (AvgIpc) is 2.76. The summed E-state index contributed by atoms with van der Waals surface area (Å²) in [7, 11) is 1.63. The first kappa shape index (κ1) is 25.4. The lowest BCUT2D eigenvalue weighted by atomic mass is 10.1. The molecule has 31 heavy (non-hydrogen) atoms. The van der Waals surface area contributed by atoms with Gasteiger partial charge in [-0.25, -0.2) is 0 Å². The Bertz CT molecular complexity index is 857. The second-order valence-electron chi connectivity index (χ2n) is 6.88. The molecule has 8 heteroatoms. The molecule has 0 aliphatic heterocycles. The predicted molar refractivity (Wildman–Crippen MR) is 129 cm³/mol. The number of thioether (sulfide) groups is 1. The summed E-state index contributed by atoms with van der Waals surface area (Å²) in [4.78, 5) is 27.4. The summed E-state index contributed by atoms with van der Waals surface area (Å²) in [5.41, 5.74) is 1.73. The fourth-order valence-electron chi connectivity index (χ4n) is 3.13. The van der Waals surface area contributed by atoms with Crippen LogP contribution in [0.3, 0.4) is 0 Å². The van der Waals surface area contributed by atoms with E-state index >= 15 is 0 Å². The molecule has 0 heterocycles. The van der Waals surface area contributed by atoms with Crippen LogP contribution in [0.5, 0.6) is 5.75 Å². The van der Waals surface area contributed by atoms with Crippen LogP contribution >= 0.6 is 35.0 Å². The number of methoxy groups -OCH3 is 1. The number of carbonyl (C=O) groups is 2. The minimum Gasteiger partial charge on any atom is -0.497 e. The number of ether oxygens (including phenoxy) is 1. The first-order valence-corrected chi connectivity index (χ1v) is 12.0. The second-order valence-corrected chi connectivity index (χ2v) is 8.68. The number of benzene rings is 2. The summed E-state index contributed by atoms with van der Waals surface area (Å²) in [5, 5.41) is 3.77. The topological polar surface area (TPSA) is 58.6 Å². The number of hydrogen-bond acceptors (Lipinski definition) is 4. The quantitative estimate of drug-likeness (QED) is 0.479. The lowest BCUT2D eigenvalue weighted by Crippen LogP contribution is -2.49. The molecule has 5 nitrogen and oxygen atoms in total. The smallest absolute Gasteiger partial charge is 0.242 e. The molecule has 0 spiro atoms. The molecule has 168 valence electrons. The van der Waals surface area contributed by atoms with Crippen LogP contribution in [-0.4, -0.2) is 42.2 Å². The minimum absolute atomic E-state index is 0.132. The maximum absolute atomic E-state index is 13.2. The van der Waals surface area contributed by atoms with Gasteiger partial charge in [-0.1, -0.05) is 48.3 Å². The molecule has 0 bridgehead atoms. The highest BCUT2D eigenvalue weighted by Crippen LogP contribution is 2.27. The summed E-state index contributed by atoms with van der Waals surface area (Å²) < 4.78 is 5.17. The van der Waals surface area contributed by atoms with Crippen molar-refractivity contribution in [2.24, 2.45) is 0 Å². The third-order valence-corrected chi connectivity index (χ3v) is 6.48. The van der Waals surface area contributed by atoms with Gasteiger partial charge in [0.2, 0.25) is 11.8 Å².